The molecule has 3 fully saturated rings. The molecule has 232 valence electrons. The Balaban J connectivity index is 1.11. The molecule has 6 rings (SSSR count). The zero-order valence-corrected chi connectivity index (χ0v) is 23.5. The molecule has 3 atom stereocenters. The monoisotopic (exact) mass is 609 g/mol. The van der Waals surface area contributed by atoms with Gasteiger partial charge < -0.3 is 24.4 Å². The number of piperazine rings is 1. The number of fused-ring (bicyclic) bond motifs is 1. The number of hydrogen-bond donors (Lipinski definition) is 1. The second kappa shape index (κ2) is 10.9. The zero-order chi connectivity index (χ0) is 30.7. The largest absolute Gasteiger partial charge is 0.478 e. The highest BCUT2D eigenvalue weighted by molar-refractivity contribution is 5.89. The van der Waals surface area contributed by atoms with Crippen molar-refractivity contribution >= 4 is 17.6 Å². The van der Waals surface area contributed by atoms with E-state index in [0.717, 1.165) is 18.9 Å². The number of carboxylic acids is 1. The van der Waals surface area contributed by atoms with Crippen LogP contribution in [-0.2, 0) is 22.3 Å². The number of benzene rings is 2. The van der Waals surface area contributed by atoms with Crippen LogP contribution in [0.25, 0.3) is 0 Å². The Morgan fingerprint density at radius 3 is 2.44 bits per heavy atom. The fraction of sp³-hybridized carbons (Fsp3) is 0.533. The molecule has 3 heterocycles. The second-order valence-corrected chi connectivity index (χ2v) is 11.9. The van der Waals surface area contributed by atoms with Crippen molar-refractivity contribution in [2.75, 3.05) is 37.9 Å². The number of carbonyl (C=O) groups excluding carboxylic acids is 1. The van der Waals surface area contributed by atoms with E-state index in [2.05, 4.69) is 4.90 Å². The zero-order valence-electron chi connectivity index (χ0n) is 23.5. The number of ether oxygens (including phenoxy) is 2. The lowest BCUT2D eigenvalue weighted by Gasteiger charge is -2.48. The number of nitrogens with zero attached hydrogens (tertiary/aromatic N) is 3. The maximum absolute atomic E-state index is 14.4. The van der Waals surface area contributed by atoms with Crippen LogP contribution in [0.3, 0.4) is 0 Å². The first-order chi connectivity index (χ1) is 20.4. The topological polar surface area (TPSA) is 82.6 Å². The summed E-state index contributed by atoms with van der Waals surface area (Å²) in [7, 11) is 0. The molecule has 3 aliphatic heterocycles. The molecule has 1 amide bonds. The molecule has 13 heteroatoms. The summed E-state index contributed by atoms with van der Waals surface area (Å²) in [4.78, 5) is 30.9. The molecule has 0 bridgehead atoms. The molecular weight excluding hydrogens is 577 g/mol. The number of carbonyl (C=O) groups is 2. The van der Waals surface area contributed by atoms with E-state index in [-0.39, 0.29) is 54.1 Å². The smallest absolute Gasteiger partial charge is 0.416 e. The molecule has 1 N–H and O–H groups in total. The summed E-state index contributed by atoms with van der Waals surface area (Å²) >= 11 is 0. The highest BCUT2D eigenvalue weighted by atomic mass is 19.4. The maximum atomic E-state index is 14.4. The molecule has 8 nitrogen and oxygen atoms in total. The lowest BCUT2D eigenvalue weighted by atomic mass is 9.85. The van der Waals surface area contributed by atoms with E-state index >= 15 is 0 Å². The quantitative estimate of drug-likeness (QED) is 0.483. The van der Waals surface area contributed by atoms with Crippen molar-refractivity contribution in [3.63, 3.8) is 0 Å². The van der Waals surface area contributed by atoms with Crippen molar-refractivity contribution in [1.82, 2.24) is 9.80 Å². The molecule has 2 aromatic carbocycles. The number of halogens is 5. The normalized spacial score (nSPS) is 26.6. The van der Waals surface area contributed by atoms with Gasteiger partial charge >= 0.3 is 12.1 Å². The fourth-order valence-electron chi connectivity index (χ4n) is 6.73. The van der Waals surface area contributed by atoms with Crippen molar-refractivity contribution in [2.24, 2.45) is 5.92 Å². The molecule has 0 aromatic heterocycles. The van der Waals surface area contributed by atoms with E-state index in [1.54, 1.807) is 6.07 Å². The Morgan fingerprint density at radius 1 is 1.05 bits per heavy atom. The molecular formula is C30H32F5N3O5. The van der Waals surface area contributed by atoms with E-state index in [1.165, 1.54) is 17.0 Å². The Kier molecular flexibility index (Phi) is 7.52. The van der Waals surface area contributed by atoms with E-state index < -0.39 is 34.9 Å². The number of anilines is 1. The van der Waals surface area contributed by atoms with Gasteiger partial charge in [-0.3, -0.25) is 9.69 Å². The first-order valence-corrected chi connectivity index (χ1v) is 14.4. The predicted octanol–water partition coefficient (Wildman–Crippen LogP) is 4.90. The highest BCUT2D eigenvalue weighted by Crippen LogP contribution is 2.49. The van der Waals surface area contributed by atoms with Gasteiger partial charge in [0.25, 0.3) is 5.91 Å². The van der Waals surface area contributed by atoms with Crippen LogP contribution in [0.5, 0.6) is 5.75 Å². The Hall–Kier alpha value is -3.45. The van der Waals surface area contributed by atoms with Crippen LogP contribution >= 0.6 is 0 Å². The molecule has 1 saturated carbocycles. The third kappa shape index (κ3) is 5.52. The van der Waals surface area contributed by atoms with Crippen LogP contribution in [0.15, 0.2) is 30.3 Å². The number of amides is 1. The van der Waals surface area contributed by atoms with Crippen LogP contribution < -0.4 is 9.64 Å². The van der Waals surface area contributed by atoms with Gasteiger partial charge in [-0.15, -0.1) is 0 Å². The number of aromatic carboxylic acids is 1. The summed E-state index contributed by atoms with van der Waals surface area (Å²) in [5.74, 6) is -3.83. The van der Waals surface area contributed by atoms with E-state index in [1.807, 2.05) is 11.8 Å². The SMILES string of the molecule is CC1CN([C@@H]2CC[C@@](C(=O)N3COc4c(F)cc(C(F)(F)F)cc4C3)(C3CC3)OC2)CCN1c1ccc(F)c(C(=O)O)c1. The minimum Gasteiger partial charge on any atom is -0.478 e. The summed E-state index contributed by atoms with van der Waals surface area (Å²) in [5, 5.41) is 9.30. The number of alkyl halides is 3. The number of rotatable bonds is 5. The lowest BCUT2D eigenvalue weighted by molar-refractivity contribution is -0.180. The lowest BCUT2D eigenvalue weighted by Crippen LogP contribution is -2.61. The molecule has 2 saturated heterocycles. The van der Waals surface area contributed by atoms with Gasteiger partial charge in [-0.25, -0.2) is 13.6 Å². The fourth-order valence-corrected chi connectivity index (χ4v) is 6.73. The molecule has 0 radical (unpaired) electrons. The van der Waals surface area contributed by atoms with Gasteiger partial charge in [0.1, 0.15) is 11.4 Å². The molecule has 43 heavy (non-hydrogen) atoms. The van der Waals surface area contributed by atoms with Crippen LogP contribution in [0, 0.1) is 17.6 Å². The van der Waals surface area contributed by atoms with Gasteiger partial charge in [0.05, 0.1) is 24.3 Å². The summed E-state index contributed by atoms with van der Waals surface area (Å²) in [5.41, 5.74) is -2.01. The Morgan fingerprint density at radius 2 is 1.81 bits per heavy atom. The van der Waals surface area contributed by atoms with Crippen molar-refractivity contribution in [3.05, 3.63) is 58.7 Å². The average molecular weight is 610 g/mol. The highest BCUT2D eigenvalue weighted by Gasteiger charge is 2.56. The second-order valence-electron chi connectivity index (χ2n) is 11.9. The summed E-state index contributed by atoms with van der Waals surface area (Å²) in [6.07, 6.45) is -2.01. The van der Waals surface area contributed by atoms with Gasteiger partial charge in [0.15, 0.2) is 18.3 Å². The van der Waals surface area contributed by atoms with Crippen LogP contribution in [0.1, 0.15) is 54.1 Å². The summed E-state index contributed by atoms with van der Waals surface area (Å²) < 4.78 is 80.0. The third-order valence-corrected chi connectivity index (χ3v) is 9.13. The van der Waals surface area contributed by atoms with Crippen LogP contribution in [0.4, 0.5) is 27.6 Å². The van der Waals surface area contributed by atoms with Crippen molar-refractivity contribution < 1.29 is 46.1 Å². The van der Waals surface area contributed by atoms with Crippen LogP contribution in [0.2, 0.25) is 0 Å². The standard InChI is InChI=1S/C30H32F5N3O5/c1-17-13-36(8-9-38(17)21-4-5-24(31)23(12-21)27(39)40)22-6-7-29(43-15-22,19-2-3-19)28(41)37-14-18-10-20(30(33,34)35)11-25(32)26(18)42-16-37/h4-5,10-12,17,19,22H,2-3,6-9,13-16H2,1H3,(H,39,40)/t17?,22-,29+/m1/s1. The molecule has 1 aliphatic carbocycles. The minimum atomic E-state index is -4.73. The van der Waals surface area contributed by atoms with Crippen molar-refractivity contribution in [3.8, 4) is 5.75 Å². The summed E-state index contributed by atoms with van der Waals surface area (Å²) in [6.45, 7) is 3.74. The third-order valence-electron chi connectivity index (χ3n) is 9.13. The Bertz CT molecular complexity index is 1420. The van der Waals surface area contributed by atoms with Crippen molar-refractivity contribution in [1.29, 1.82) is 0 Å². The van der Waals surface area contributed by atoms with Crippen LogP contribution in [-0.4, -0.2) is 77.4 Å². The van der Waals surface area contributed by atoms with Gasteiger partial charge in [-0.05, 0) is 68.9 Å². The molecule has 2 aromatic rings. The Labute approximate surface area is 244 Å². The van der Waals surface area contributed by atoms with Crippen molar-refractivity contribution in [2.45, 2.75) is 63.0 Å². The van der Waals surface area contributed by atoms with E-state index in [9.17, 15) is 36.6 Å². The summed E-state index contributed by atoms with van der Waals surface area (Å²) in [6, 6.07) is 5.37. The van der Waals surface area contributed by atoms with Gasteiger partial charge in [-0.2, -0.15) is 13.2 Å². The van der Waals surface area contributed by atoms with Gasteiger partial charge in [0, 0.05) is 43.0 Å². The van der Waals surface area contributed by atoms with E-state index in [4.69, 9.17) is 9.47 Å². The predicted molar refractivity (Wildman–Crippen MR) is 144 cm³/mol. The molecule has 0 spiro atoms. The maximum Gasteiger partial charge on any atom is 0.416 e. The van der Waals surface area contributed by atoms with E-state index in [0.29, 0.717) is 50.8 Å². The average Bonchev–Trinajstić information content (AvgIpc) is 3.82. The first-order valence-electron chi connectivity index (χ1n) is 14.4. The first kappa shape index (κ1) is 29.6. The van der Waals surface area contributed by atoms with Gasteiger partial charge in [0.2, 0.25) is 0 Å². The number of hydrogen-bond acceptors (Lipinski definition) is 6. The molecule has 1 unspecified atom stereocenters. The minimum absolute atomic E-state index is 0.00160. The molecule has 4 aliphatic rings. The van der Waals surface area contributed by atoms with Gasteiger partial charge in [-0.1, -0.05) is 0 Å². The number of carboxylic acid groups (broad SMARTS) is 1.